The summed E-state index contributed by atoms with van der Waals surface area (Å²) in [7, 11) is -2.54. The topological polar surface area (TPSA) is 67.2 Å². The molecule has 0 aliphatic carbocycles. The number of hydrogen-bond donors (Lipinski definition) is 0. The van der Waals surface area contributed by atoms with Gasteiger partial charge >= 0.3 is 0 Å². The number of benzene rings is 1. The lowest BCUT2D eigenvalue weighted by atomic mass is 10.2. The summed E-state index contributed by atoms with van der Waals surface area (Å²) in [5.41, 5.74) is 0.412. The summed E-state index contributed by atoms with van der Waals surface area (Å²) in [4.78, 5) is 0.0500. The zero-order chi connectivity index (χ0) is 9.90. The number of nitrogens with zero attached hydrogens (tertiary/aromatic N) is 1. The second-order valence-electron chi connectivity index (χ2n) is 2.26. The molecular formula is C8H7NO3S. The van der Waals surface area contributed by atoms with Crippen molar-refractivity contribution in [3.8, 4) is 6.07 Å². The van der Waals surface area contributed by atoms with Crippen molar-refractivity contribution in [2.24, 2.45) is 0 Å². The molecule has 1 rings (SSSR count). The zero-order valence-corrected chi connectivity index (χ0v) is 7.71. The van der Waals surface area contributed by atoms with Crippen LogP contribution < -0.4 is 0 Å². The number of rotatable bonds is 2. The second-order valence-corrected chi connectivity index (χ2v) is 3.97. The molecule has 1 aromatic rings. The first-order chi connectivity index (χ1) is 6.10. The lowest BCUT2D eigenvalue weighted by molar-refractivity contribution is 0.398. The molecule has 0 fully saturated rings. The Bertz CT molecular complexity index is 427. The molecule has 0 saturated carbocycles. The minimum Gasteiger partial charge on any atom is -0.270 e. The Balaban J connectivity index is 3.15. The molecule has 0 amide bonds. The summed E-state index contributed by atoms with van der Waals surface area (Å²) < 4.78 is 26.5. The van der Waals surface area contributed by atoms with Gasteiger partial charge in [0.1, 0.15) is 0 Å². The number of hydrogen-bond acceptors (Lipinski definition) is 4. The molecule has 0 bridgehead atoms. The van der Waals surface area contributed by atoms with Crippen molar-refractivity contribution in [3.63, 3.8) is 0 Å². The van der Waals surface area contributed by atoms with Gasteiger partial charge in [-0.1, -0.05) is 0 Å². The number of nitriles is 1. The molecule has 0 saturated heterocycles. The van der Waals surface area contributed by atoms with Gasteiger partial charge in [0.25, 0.3) is 10.1 Å². The molecule has 0 radical (unpaired) electrons. The van der Waals surface area contributed by atoms with E-state index in [1.54, 1.807) is 0 Å². The standard InChI is InChI=1S/C8H7NO3S/c1-12-13(10,11)8-4-2-7(6-9)3-5-8/h2-5H,1H3. The Labute approximate surface area is 76.5 Å². The molecule has 13 heavy (non-hydrogen) atoms. The average Bonchev–Trinajstić information content (AvgIpc) is 2.18. The molecule has 0 unspecified atom stereocenters. The first-order valence-electron chi connectivity index (χ1n) is 3.41. The van der Waals surface area contributed by atoms with Crippen LogP contribution in [0.2, 0.25) is 0 Å². The Hall–Kier alpha value is -1.38. The molecule has 1 aromatic carbocycles. The van der Waals surface area contributed by atoms with Crippen LogP contribution >= 0.6 is 0 Å². The molecule has 0 atom stereocenters. The van der Waals surface area contributed by atoms with Crippen molar-refractivity contribution < 1.29 is 12.6 Å². The van der Waals surface area contributed by atoms with Gasteiger partial charge in [-0.25, -0.2) is 0 Å². The third kappa shape index (κ3) is 2.05. The van der Waals surface area contributed by atoms with E-state index in [-0.39, 0.29) is 4.90 Å². The van der Waals surface area contributed by atoms with Crippen LogP contribution in [-0.4, -0.2) is 15.5 Å². The summed E-state index contributed by atoms with van der Waals surface area (Å²) >= 11 is 0. The van der Waals surface area contributed by atoms with Crippen molar-refractivity contribution in [1.29, 1.82) is 5.26 Å². The summed E-state index contributed by atoms with van der Waals surface area (Å²) in [6, 6.07) is 7.39. The van der Waals surface area contributed by atoms with Gasteiger partial charge in [-0.05, 0) is 24.3 Å². The van der Waals surface area contributed by atoms with Crippen LogP contribution in [0.4, 0.5) is 0 Å². The van der Waals surface area contributed by atoms with Gasteiger partial charge in [0.05, 0.1) is 23.6 Å². The molecule has 0 aromatic heterocycles. The quantitative estimate of drug-likeness (QED) is 0.660. The van der Waals surface area contributed by atoms with Crippen molar-refractivity contribution in [1.82, 2.24) is 0 Å². The van der Waals surface area contributed by atoms with Gasteiger partial charge in [-0.3, -0.25) is 4.18 Å². The highest BCUT2D eigenvalue weighted by atomic mass is 32.2. The molecule has 0 heterocycles. The first-order valence-corrected chi connectivity index (χ1v) is 4.82. The Morgan fingerprint density at radius 1 is 1.31 bits per heavy atom. The normalized spacial score (nSPS) is 10.8. The molecule has 4 nitrogen and oxygen atoms in total. The lowest BCUT2D eigenvalue weighted by Gasteiger charge is -1.99. The van der Waals surface area contributed by atoms with Crippen LogP contribution in [0.15, 0.2) is 29.2 Å². The molecule has 0 aliphatic rings. The Morgan fingerprint density at radius 2 is 1.85 bits per heavy atom. The second kappa shape index (κ2) is 3.56. The summed E-state index contributed by atoms with van der Waals surface area (Å²) in [6.45, 7) is 0. The highest BCUT2D eigenvalue weighted by Gasteiger charge is 2.11. The molecule has 0 aliphatic heterocycles. The van der Waals surface area contributed by atoms with E-state index in [2.05, 4.69) is 4.18 Å². The summed E-state index contributed by atoms with van der Waals surface area (Å²) in [5.74, 6) is 0. The third-order valence-corrected chi connectivity index (χ3v) is 2.78. The highest BCUT2D eigenvalue weighted by Crippen LogP contribution is 2.11. The minimum atomic E-state index is -3.63. The molecule has 5 heteroatoms. The Morgan fingerprint density at radius 3 is 2.23 bits per heavy atom. The third-order valence-electron chi connectivity index (χ3n) is 1.49. The van der Waals surface area contributed by atoms with Crippen molar-refractivity contribution >= 4 is 10.1 Å². The fraction of sp³-hybridized carbons (Fsp3) is 0.125. The van der Waals surface area contributed by atoms with Gasteiger partial charge < -0.3 is 0 Å². The van der Waals surface area contributed by atoms with Crippen molar-refractivity contribution in [2.75, 3.05) is 7.11 Å². The van der Waals surface area contributed by atoms with Crippen LogP contribution in [0, 0.1) is 11.3 Å². The maximum atomic E-state index is 11.1. The van der Waals surface area contributed by atoms with E-state index < -0.39 is 10.1 Å². The zero-order valence-electron chi connectivity index (χ0n) is 6.89. The van der Waals surface area contributed by atoms with E-state index in [0.717, 1.165) is 7.11 Å². The molecule has 68 valence electrons. The molecule has 0 N–H and O–H groups in total. The van der Waals surface area contributed by atoms with Crippen LogP contribution in [0.5, 0.6) is 0 Å². The van der Waals surface area contributed by atoms with Crippen molar-refractivity contribution in [2.45, 2.75) is 4.90 Å². The fourth-order valence-corrected chi connectivity index (χ4v) is 1.45. The fourth-order valence-electron chi connectivity index (χ4n) is 0.792. The Kier molecular flexibility index (Phi) is 2.66. The predicted molar refractivity (Wildman–Crippen MR) is 45.4 cm³/mol. The van der Waals surface area contributed by atoms with Crippen LogP contribution in [0.25, 0.3) is 0 Å². The highest BCUT2D eigenvalue weighted by molar-refractivity contribution is 7.86. The van der Waals surface area contributed by atoms with E-state index >= 15 is 0 Å². The van der Waals surface area contributed by atoms with E-state index in [4.69, 9.17) is 5.26 Å². The van der Waals surface area contributed by atoms with Gasteiger partial charge in [0.2, 0.25) is 0 Å². The lowest BCUT2D eigenvalue weighted by Crippen LogP contribution is -2.02. The van der Waals surface area contributed by atoms with Gasteiger partial charge in [0.15, 0.2) is 0 Å². The van der Waals surface area contributed by atoms with Gasteiger partial charge in [0, 0.05) is 0 Å². The average molecular weight is 197 g/mol. The SMILES string of the molecule is COS(=O)(=O)c1ccc(C#N)cc1. The van der Waals surface area contributed by atoms with Crippen LogP contribution in [-0.2, 0) is 14.3 Å². The smallest absolute Gasteiger partial charge is 0.270 e. The van der Waals surface area contributed by atoms with E-state index in [1.165, 1.54) is 24.3 Å². The van der Waals surface area contributed by atoms with E-state index in [1.807, 2.05) is 6.07 Å². The summed E-state index contributed by atoms with van der Waals surface area (Å²) in [6.07, 6.45) is 0. The maximum absolute atomic E-state index is 11.1. The van der Waals surface area contributed by atoms with E-state index in [0.29, 0.717) is 5.56 Å². The monoisotopic (exact) mass is 197 g/mol. The predicted octanol–water partition coefficient (Wildman–Crippen LogP) is 0.893. The summed E-state index contributed by atoms with van der Waals surface area (Å²) in [5, 5.41) is 8.46. The van der Waals surface area contributed by atoms with Crippen LogP contribution in [0.1, 0.15) is 5.56 Å². The van der Waals surface area contributed by atoms with E-state index in [9.17, 15) is 8.42 Å². The minimum absolute atomic E-state index is 0.0500. The van der Waals surface area contributed by atoms with Gasteiger partial charge in [-0.2, -0.15) is 13.7 Å². The maximum Gasteiger partial charge on any atom is 0.296 e. The largest absolute Gasteiger partial charge is 0.296 e. The molecule has 0 spiro atoms. The van der Waals surface area contributed by atoms with Crippen molar-refractivity contribution in [3.05, 3.63) is 29.8 Å². The first kappa shape index (κ1) is 9.71. The van der Waals surface area contributed by atoms with Crippen LogP contribution in [0.3, 0.4) is 0 Å². The van der Waals surface area contributed by atoms with Gasteiger partial charge in [-0.15, -0.1) is 0 Å². The molecular weight excluding hydrogens is 190 g/mol.